The molecule has 2 aromatic carbocycles. The highest BCUT2D eigenvalue weighted by Gasteiger charge is 2.33. The Morgan fingerprint density at radius 1 is 1.11 bits per heavy atom. The number of carbonyl (C=O) groups is 2. The van der Waals surface area contributed by atoms with Crippen molar-refractivity contribution in [1.29, 1.82) is 0 Å². The number of benzene rings is 2. The molecule has 0 spiro atoms. The zero-order valence-electron chi connectivity index (χ0n) is 14.7. The van der Waals surface area contributed by atoms with E-state index in [4.69, 9.17) is 9.47 Å². The molecule has 0 bridgehead atoms. The van der Waals surface area contributed by atoms with E-state index in [9.17, 15) is 14.7 Å². The fourth-order valence-corrected chi connectivity index (χ4v) is 2.92. The highest BCUT2D eigenvalue weighted by molar-refractivity contribution is 9.10. The van der Waals surface area contributed by atoms with Crippen molar-refractivity contribution in [2.24, 2.45) is 0 Å². The standard InChI is InChI=1S/C19H17BrN2O5/c1-26-15-8-12(9-16(27-2)17(15)23)7-14-18(24)22(19(25)21-14)10-11-3-5-13(20)6-4-11/h3-9,23H,10H2,1-2H3,(H,21,25)/b14-7-. The van der Waals surface area contributed by atoms with Crippen LogP contribution in [0.2, 0.25) is 0 Å². The van der Waals surface area contributed by atoms with Crippen LogP contribution in [0.1, 0.15) is 11.1 Å². The van der Waals surface area contributed by atoms with E-state index in [0.717, 1.165) is 14.9 Å². The van der Waals surface area contributed by atoms with Crippen LogP contribution in [0.25, 0.3) is 6.08 Å². The monoisotopic (exact) mass is 432 g/mol. The first-order chi connectivity index (χ1) is 12.9. The van der Waals surface area contributed by atoms with E-state index in [-0.39, 0.29) is 29.5 Å². The summed E-state index contributed by atoms with van der Waals surface area (Å²) in [5, 5.41) is 12.5. The van der Waals surface area contributed by atoms with Crippen LogP contribution >= 0.6 is 15.9 Å². The Bertz CT molecular complexity index is 899. The van der Waals surface area contributed by atoms with Crippen LogP contribution in [0.15, 0.2) is 46.6 Å². The van der Waals surface area contributed by atoms with Gasteiger partial charge in [0.1, 0.15) is 5.70 Å². The molecule has 0 unspecified atom stereocenters. The van der Waals surface area contributed by atoms with Crippen LogP contribution in [0.4, 0.5) is 4.79 Å². The number of nitrogens with one attached hydrogen (secondary N) is 1. The van der Waals surface area contributed by atoms with Gasteiger partial charge < -0.3 is 19.9 Å². The first-order valence-corrected chi connectivity index (χ1v) is 8.76. The molecular weight excluding hydrogens is 416 g/mol. The number of imide groups is 1. The molecule has 2 aromatic rings. The average Bonchev–Trinajstić information content (AvgIpc) is 2.92. The summed E-state index contributed by atoms with van der Waals surface area (Å²) < 4.78 is 11.1. The molecule has 0 aromatic heterocycles. The minimum absolute atomic E-state index is 0.131. The van der Waals surface area contributed by atoms with Gasteiger partial charge in [-0.15, -0.1) is 0 Å². The third-order valence-corrected chi connectivity index (χ3v) is 4.56. The van der Waals surface area contributed by atoms with Crippen LogP contribution in [0.3, 0.4) is 0 Å². The van der Waals surface area contributed by atoms with Crippen molar-refractivity contribution >= 4 is 33.9 Å². The summed E-state index contributed by atoms with van der Waals surface area (Å²) >= 11 is 3.35. The molecule has 0 radical (unpaired) electrons. The summed E-state index contributed by atoms with van der Waals surface area (Å²) in [4.78, 5) is 26.0. The Morgan fingerprint density at radius 2 is 1.70 bits per heavy atom. The minimum Gasteiger partial charge on any atom is -0.502 e. The van der Waals surface area contributed by atoms with E-state index in [1.54, 1.807) is 12.1 Å². The minimum atomic E-state index is -0.494. The zero-order valence-corrected chi connectivity index (χ0v) is 16.2. The Balaban J connectivity index is 1.87. The number of phenols is 1. The Hall–Kier alpha value is -3.00. The van der Waals surface area contributed by atoms with Crippen molar-refractivity contribution < 1.29 is 24.2 Å². The number of ether oxygens (including phenoxy) is 2. The van der Waals surface area contributed by atoms with Crippen LogP contribution in [-0.4, -0.2) is 36.2 Å². The Kier molecular flexibility index (Phi) is 5.36. The summed E-state index contributed by atoms with van der Waals surface area (Å²) in [7, 11) is 2.82. The maximum Gasteiger partial charge on any atom is 0.329 e. The molecule has 7 nitrogen and oxygen atoms in total. The van der Waals surface area contributed by atoms with Crippen LogP contribution in [-0.2, 0) is 11.3 Å². The van der Waals surface area contributed by atoms with Gasteiger partial charge in [0.25, 0.3) is 5.91 Å². The fraction of sp³-hybridized carbons (Fsp3) is 0.158. The van der Waals surface area contributed by atoms with E-state index < -0.39 is 11.9 Å². The molecule has 1 saturated heterocycles. The van der Waals surface area contributed by atoms with Gasteiger partial charge in [0, 0.05) is 4.47 Å². The smallest absolute Gasteiger partial charge is 0.329 e. The van der Waals surface area contributed by atoms with Gasteiger partial charge in [0.05, 0.1) is 20.8 Å². The summed E-state index contributed by atoms with van der Waals surface area (Å²) in [5.41, 5.74) is 1.50. The lowest BCUT2D eigenvalue weighted by molar-refractivity contribution is -0.123. The first-order valence-electron chi connectivity index (χ1n) is 7.97. The van der Waals surface area contributed by atoms with Crippen molar-refractivity contribution in [2.75, 3.05) is 14.2 Å². The number of hydrogen-bond donors (Lipinski definition) is 2. The van der Waals surface area contributed by atoms with Crippen molar-refractivity contribution in [2.45, 2.75) is 6.54 Å². The summed E-state index contributed by atoms with van der Waals surface area (Å²) in [6, 6.07) is 9.96. The number of hydrogen-bond acceptors (Lipinski definition) is 5. The number of urea groups is 1. The van der Waals surface area contributed by atoms with Gasteiger partial charge in [-0.2, -0.15) is 0 Å². The van der Waals surface area contributed by atoms with Gasteiger partial charge in [-0.05, 0) is 41.5 Å². The number of aromatic hydroxyl groups is 1. The number of methoxy groups -OCH3 is 2. The van der Waals surface area contributed by atoms with Gasteiger partial charge in [0.15, 0.2) is 11.5 Å². The molecule has 0 saturated carbocycles. The van der Waals surface area contributed by atoms with Gasteiger partial charge in [0.2, 0.25) is 5.75 Å². The summed E-state index contributed by atoms with van der Waals surface area (Å²) in [5.74, 6) is -0.177. The van der Waals surface area contributed by atoms with E-state index in [1.807, 2.05) is 24.3 Å². The number of halogens is 1. The van der Waals surface area contributed by atoms with E-state index >= 15 is 0 Å². The second-order valence-electron chi connectivity index (χ2n) is 5.78. The van der Waals surface area contributed by atoms with Crippen LogP contribution in [0.5, 0.6) is 17.2 Å². The molecule has 0 atom stereocenters. The van der Waals surface area contributed by atoms with Gasteiger partial charge >= 0.3 is 6.03 Å². The molecule has 3 amide bonds. The fourth-order valence-electron chi connectivity index (χ4n) is 2.65. The lowest BCUT2D eigenvalue weighted by atomic mass is 10.1. The SMILES string of the molecule is COc1cc(/C=C2\NC(=O)N(Cc3ccc(Br)cc3)C2=O)cc(OC)c1O. The second kappa shape index (κ2) is 7.71. The average molecular weight is 433 g/mol. The Morgan fingerprint density at radius 3 is 2.26 bits per heavy atom. The predicted molar refractivity (Wildman–Crippen MR) is 102 cm³/mol. The molecular formula is C19H17BrN2O5. The number of nitrogens with zero attached hydrogens (tertiary/aromatic N) is 1. The largest absolute Gasteiger partial charge is 0.502 e. The molecule has 3 rings (SSSR count). The van der Waals surface area contributed by atoms with E-state index in [0.29, 0.717) is 5.56 Å². The number of rotatable bonds is 5. The van der Waals surface area contributed by atoms with Crippen molar-refractivity contribution in [3.05, 3.63) is 57.7 Å². The van der Waals surface area contributed by atoms with Gasteiger partial charge in [-0.3, -0.25) is 9.69 Å². The molecule has 0 aliphatic carbocycles. The third-order valence-electron chi connectivity index (χ3n) is 4.03. The van der Waals surface area contributed by atoms with Crippen molar-refractivity contribution in [3.8, 4) is 17.2 Å². The molecule has 1 heterocycles. The number of amides is 3. The summed E-state index contributed by atoms with van der Waals surface area (Å²) in [6.45, 7) is 0.164. The predicted octanol–water partition coefficient (Wildman–Crippen LogP) is 3.26. The first kappa shape index (κ1) is 18.8. The van der Waals surface area contributed by atoms with E-state index in [1.165, 1.54) is 20.3 Å². The third kappa shape index (κ3) is 3.90. The molecule has 27 heavy (non-hydrogen) atoms. The van der Waals surface area contributed by atoms with Crippen molar-refractivity contribution in [1.82, 2.24) is 10.2 Å². The maximum atomic E-state index is 12.6. The molecule has 8 heteroatoms. The quantitative estimate of drug-likeness (QED) is 0.559. The van der Waals surface area contributed by atoms with Crippen LogP contribution < -0.4 is 14.8 Å². The molecule has 140 valence electrons. The Labute approximate surface area is 164 Å². The van der Waals surface area contributed by atoms with E-state index in [2.05, 4.69) is 21.2 Å². The normalized spacial score (nSPS) is 15.2. The highest BCUT2D eigenvalue weighted by Crippen LogP contribution is 2.37. The lowest BCUT2D eigenvalue weighted by Crippen LogP contribution is -2.30. The van der Waals surface area contributed by atoms with Gasteiger partial charge in [-0.25, -0.2) is 4.79 Å². The second-order valence-corrected chi connectivity index (χ2v) is 6.70. The highest BCUT2D eigenvalue weighted by atomic mass is 79.9. The lowest BCUT2D eigenvalue weighted by Gasteiger charge is -2.12. The molecule has 1 fully saturated rings. The topological polar surface area (TPSA) is 88.1 Å². The zero-order chi connectivity index (χ0) is 19.6. The molecule has 1 aliphatic heterocycles. The van der Waals surface area contributed by atoms with Crippen LogP contribution in [0, 0.1) is 0 Å². The number of phenolic OH excluding ortho intramolecular Hbond substituents is 1. The molecule has 2 N–H and O–H groups in total. The molecule has 1 aliphatic rings. The summed E-state index contributed by atoms with van der Waals surface area (Å²) in [6.07, 6.45) is 1.51. The van der Waals surface area contributed by atoms with Gasteiger partial charge in [-0.1, -0.05) is 28.1 Å². The van der Waals surface area contributed by atoms with Crippen molar-refractivity contribution in [3.63, 3.8) is 0 Å². The maximum absolute atomic E-state index is 12.6. The number of carbonyl (C=O) groups excluding carboxylic acids is 2.